The molecule has 0 fully saturated rings. The Morgan fingerprint density at radius 1 is 1.50 bits per heavy atom. The summed E-state index contributed by atoms with van der Waals surface area (Å²) < 4.78 is 29.4. The number of carbonyl (C=O) groups is 1. The Kier molecular flexibility index (Phi) is 6.04. The molecule has 20 heavy (non-hydrogen) atoms. The second-order valence-electron chi connectivity index (χ2n) is 4.45. The maximum atomic E-state index is 12.0. The minimum Gasteiger partial charge on any atom is -0.380 e. The Morgan fingerprint density at radius 2 is 2.15 bits per heavy atom. The fourth-order valence-electron chi connectivity index (χ4n) is 1.67. The summed E-state index contributed by atoms with van der Waals surface area (Å²) in [6, 6.07) is 1.22. The lowest BCUT2D eigenvalue weighted by Crippen LogP contribution is -2.29. The van der Waals surface area contributed by atoms with Crippen molar-refractivity contribution in [3.8, 4) is 0 Å². The van der Waals surface area contributed by atoms with Crippen LogP contribution in [-0.4, -0.2) is 38.7 Å². The van der Waals surface area contributed by atoms with Gasteiger partial charge in [0.15, 0.2) is 0 Å². The van der Waals surface area contributed by atoms with E-state index >= 15 is 0 Å². The molecule has 0 aliphatic rings. The van der Waals surface area contributed by atoms with E-state index in [1.165, 1.54) is 12.3 Å². The molecule has 0 saturated carbocycles. The summed E-state index contributed by atoms with van der Waals surface area (Å²) >= 11 is 0. The van der Waals surface area contributed by atoms with Crippen molar-refractivity contribution < 1.29 is 17.9 Å². The van der Waals surface area contributed by atoms with E-state index in [2.05, 4.69) is 5.32 Å². The number of carbonyl (C=O) groups excluding carboxylic acids is 1. The Hall–Kier alpha value is -1.05. The summed E-state index contributed by atoms with van der Waals surface area (Å²) in [5.41, 5.74) is 0.260. The molecule has 6 nitrogen and oxygen atoms in total. The lowest BCUT2D eigenvalue weighted by atomic mass is 10.3. The van der Waals surface area contributed by atoms with Crippen LogP contribution >= 0.6 is 10.7 Å². The van der Waals surface area contributed by atoms with E-state index in [1.54, 1.807) is 4.57 Å². The Labute approximate surface area is 123 Å². The van der Waals surface area contributed by atoms with E-state index in [4.69, 9.17) is 15.4 Å². The van der Waals surface area contributed by atoms with Gasteiger partial charge in [0.25, 0.3) is 15.0 Å². The van der Waals surface area contributed by atoms with Gasteiger partial charge in [-0.2, -0.15) is 0 Å². The van der Waals surface area contributed by atoms with Gasteiger partial charge in [-0.3, -0.25) is 4.79 Å². The largest absolute Gasteiger partial charge is 0.380 e. The van der Waals surface area contributed by atoms with E-state index in [-0.39, 0.29) is 22.5 Å². The number of rotatable bonds is 7. The summed E-state index contributed by atoms with van der Waals surface area (Å²) in [6.07, 6.45) is 1.37. The number of nitrogens with zero attached hydrogens (tertiary/aromatic N) is 1. The van der Waals surface area contributed by atoms with Gasteiger partial charge in [0, 0.05) is 36.1 Å². The molecule has 0 saturated heterocycles. The van der Waals surface area contributed by atoms with Gasteiger partial charge in [-0.1, -0.05) is 0 Å². The normalized spacial score (nSPS) is 11.8. The molecule has 0 atom stereocenters. The summed E-state index contributed by atoms with van der Waals surface area (Å²) in [5.74, 6) is -0.357. The SMILES string of the molecule is CCOCCNC(=O)c1cc(S(=O)(=O)Cl)cn1C(C)C. The number of nitrogens with one attached hydrogen (secondary N) is 1. The summed E-state index contributed by atoms with van der Waals surface area (Å²) in [7, 11) is 1.45. The number of hydrogen-bond donors (Lipinski definition) is 1. The maximum Gasteiger partial charge on any atom is 0.268 e. The first-order chi connectivity index (χ1) is 9.27. The molecule has 0 spiro atoms. The number of hydrogen-bond acceptors (Lipinski definition) is 4. The molecule has 0 unspecified atom stereocenters. The zero-order chi connectivity index (χ0) is 15.3. The standard InChI is InChI=1S/C12H19ClN2O4S/c1-4-19-6-5-14-12(16)11-7-10(20(13,17)18)8-15(11)9(2)3/h7-9H,4-6H2,1-3H3,(H,14,16). The minimum atomic E-state index is -3.85. The predicted octanol–water partition coefficient (Wildman–Crippen LogP) is 1.76. The van der Waals surface area contributed by atoms with E-state index in [0.29, 0.717) is 19.8 Å². The highest BCUT2D eigenvalue weighted by molar-refractivity contribution is 8.13. The summed E-state index contributed by atoms with van der Waals surface area (Å²) in [5, 5.41) is 2.67. The maximum absolute atomic E-state index is 12.0. The van der Waals surface area contributed by atoms with E-state index in [9.17, 15) is 13.2 Å². The molecule has 0 aliphatic carbocycles. The highest BCUT2D eigenvalue weighted by atomic mass is 35.7. The molecule has 1 N–H and O–H groups in total. The highest BCUT2D eigenvalue weighted by Gasteiger charge is 2.20. The number of ether oxygens (including phenoxy) is 1. The molecule has 1 aromatic heterocycles. The molecule has 1 rings (SSSR count). The van der Waals surface area contributed by atoms with Crippen molar-refractivity contribution in [1.29, 1.82) is 0 Å². The van der Waals surface area contributed by atoms with E-state index in [0.717, 1.165) is 0 Å². The lowest BCUT2D eigenvalue weighted by molar-refractivity contribution is 0.0912. The number of halogens is 1. The molecule has 1 amide bonds. The fraction of sp³-hybridized carbons (Fsp3) is 0.583. The fourth-order valence-corrected chi connectivity index (χ4v) is 2.41. The van der Waals surface area contributed by atoms with Crippen LogP contribution in [0.25, 0.3) is 0 Å². The van der Waals surface area contributed by atoms with Crippen LogP contribution in [0.5, 0.6) is 0 Å². The van der Waals surface area contributed by atoms with Crippen LogP contribution < -0.4 is 5.32 Å². The molecule has 1 heterocycles. The van der Waals surface area contributed by atoms with Crippen LogP contribution in [0.2, 0.25) is 0 Å². The van der Waals surface area contributed by atoms with Crippen LogP contribution in [0.1, 0.15) is 37.3 Å². The molecular weight excluding hydrogens is 304 g/mol. The van der Waals surface area contributed by atoms with Gasteiger partial charge in [0.1, 0.15) is 10.6 Å². The van der Waals surface area contributed by atoms with Crippen molar-refractivity contribution in [3.05, 3.63) is 18.0 Å². The monoisotopic (exact) mass is 322 g/mol. The van der Waals surface area contributed by atoms with Crippen molar-refractivity contribution in [1.82, 2.24) is 9.88 Å². The molecular formula is C12H19ClN2O4S. The van der Waals surface area contributed by atoms with Gasteiger partial charge in [0.2, 0.25) is 0 Å². The van der Waals surface area contributed by atoms with Crippen molar-refractivity contribution in [2.75, 3.05) is 19.8 Å². The minimum absolute atomic E-state index is 0.0604. The molecule has 0 radical (unpaired) electrons. The Balaban J connectivity index is 2.92. The van der Waals surface area contributed by atoms with Gasteiger partial charge < -0.3 is 14.6 Å². The first-order valence-corrected chi connectivity index (χ1v) is 8.60. The average molecular weight is 323 g/mol. The zero-order valence-electron chi connectivity index (χ0n) is 11.7. The lowest BCUT2D eigenvalue weighted by Gasteiger charge is -2.12. The second kappa shape index (κ2) is 7.10. The van der Waals surface area contributed by atoms with Crippen molar-refractivity contribution in [3.63, 3.8) is 0 Å². The quantitative estimate of drug-likeness (QED) is 0.613. The smallest absolute Gasteiger partial charge is 0.268 e. The van der Waals surface area contributed by atoms with Crippen LogP contribution in [0.3, 0.4) is 0 Å². The molecule has 0 aliphatic heterocycles. The van der Waals surface area contributed by atoms with Crippen LogP contribution in [-0.2, 0) is 13.8 Å². The van der Waals surface area contributed by atoms with Gasteiger partial charge in [-0.15, -0.1) is 0 Å². The third-order valence-electron chi connectivity index (χ3n) is 2.63. The average Bonchev–Trinajstić information content (AvgIpc) is 2.79. The Bertz CT molecular complexity index is 566. The van der Waals surface area contributed by atoms with Gasteiger partial charge in [-0.25, -0.2) is 8.42 Å². The summed E-state index contributed by atoms with van der Waals surface area (Å²) in [6.45, 7) is 6.91. The molecule has 8 heteroatoms. The van der Waals surface area contributed by atoms with Crippen LogP contribution in [0.15, 0.2) is 17.2 Å². The second-order valence-corrected chi connectivity index (χ2v) is 7.02. The van der Waals surface area contributed by atoms with Crippen molar-refractivity contribution >= 4 is 25.6 Å². The van der Waals surface area contributed by atoms with Gasteiger partial charge in [-0.05, 0) is 26.8 Å². The number of amides is 1. The van der Waals surface area contributed by atoms with Crippen LogP contribution in [0, 0.1) is 0 Å². The predicted molar refractivity (Wildman–Crippen MR) is 76.7 cm³/mol. The van der Waals surface area contributed by atoms with Crippen LogP contribution in [0.4, 0.5) is 0 Å². The molecule has 1 aromatic rings. The highest BCUT2D eigenvalue weighted by Crippen LogP contribution is 2.21. The topological polar surface area (TPSA) is 77.4 Å². The number of aromatic nitrogens is 1. The van der Waals surface area contributed by atoms with E-state index in [1.807, 2.05) is 20.8 Å². The molecule has 0 aromatic carbocycles. The van der Waals surface area contributed by atoms with Crippen molar-refractivity contribution in [2.45, 2.75) is 31.7 Å². The first-order valence-electron chi connectivity index (χ1n) is 6.29. The third kappa shape index (κ3) is 4.50. The van der Waals surface area contributed by atoms with Crippen molar-refractivity contribution in [2.24, 2.45) is 0 Å². The van der Waals surface area contributed by atoms with Gasteiger partial charge >= 0.3 is 0 Å². The third-order valence-corrected chi connectivity index (χ3v) is 3.95. The van der Waals surface area contributed by atoms with Gasteiger partial charge in [0.05, 0.1) is 6.61 Å². The first kappa shape index (κ1) is 17.0. The Morgan fingerprint density at radius 3 is 2.65 bits per heavy atom. The summed E-state index contributed by atoms with van der Waals surface area (Å²) in [4.78, 5) is 12.0. The van der Waals surface area contributed by atoms with E-state index < -0.39 is 9.05 Å². The zero-order valence-corrected chi connectivity index (χ0v) is 13.3. The molecule has 0 bridgehead atoms. The molecule has 114 valence electrons.